The van der Waals surface area contributed by atoms with Crippen molar-refractivity contribution in [3.8, 4) is 0 Å². The molecular weight excluding hydrogens is 174 g/mol. The van der Waals surface area contributed by atoms with Gasteiger partial charge >= 0.3 is 0 Å². The highest BCUT2D eigenvalue weighted by atomic mass is 32.1. The van der Waals surface area contributed by atoms with Gasteiger partial charge < -0.3 is 5.11 Å². The number of hydrogen-bond acceptors (Lipinski definition) is 5. The molecule has 2 heterocycles. The maximum Gasteiger partial charge on any atom is 0.174 e. The highest BCUT2D eigenvalue weighted by molar-refractivity contribution is 7.16. The van der Waals surface area contributed by atoms with Gasteiger partial charge in [-0.3, -0.25) is 0 Å². The average molecular weight is 180 g/mol. The summed E-state index contributed by atoms with van der Waals surface area (Å²) < 4.78 is 0.927. The normalized spacial score (nSPS) is 10.8. The molecule has 0 bridgehead atoms. The van der Waals surface area contributed by atoms with E-state index in [4.69, 9.17) is 5.11 Å². The number of nitrogens with zero attached hydrogens (tertiary/aromatic N) is 3. The van der Waals surface area contributed by atoms with Crippen LogP contribution in [0.5, 0.6) is 0 Å². The highest BCUT2D eigenvalue weighted by Crippen LogP contribution is 2.12. The molecule has 0 aliphatic carbocycles. The molecule has 1 radical (unpaired) electrons. The van der Waals surface area contributed by atoms with Gasteiger partial charge in [0.2, 0.25) is 0 Å². The molecular formula is C7H6N3OS. The van der Waals surface area contributed by atoms with Crippen molar-refractivity contribution in [3.63, 3.8) is 0 Å². The zero-order valence-corrected chi connectivity index (χ0v) is 7.01. The monoisotopic (exact) mass is 180 g/mol. The number of thiazole rings is 1. The van der Waals surface area contributed by atoms with Crippen LogP contribution in [0.3, 0.4) is 0 Å². The lowest BCUT2D eigenvalue weighted by Crippen LogP contribution is -1.97. The van der Waals surface area contributed by atoms with Gasteiger partial charge in [-0.25, -0.2) is 15.0 Å². The molecule has 0 unspecified atom stereocenters. The fourth-order valence-electron chi connectivity index (χ4n) is 0.885. The van der Waals surface area contributed by atoms with E-state index in [1.54, 1.807) is 6.20 Å². The maximum atomic E-state index is 8.64. The summed E-state index contributed by atoms with van der Waals surface area (Å²) >= 11 is 1.39. The second-order valence-electron chi connectivity index (χ2n) is 2.25. The van der Waals surface area contributed by atoms with Crippen molar-refractivity contribution in [1.29, 1.82) is 0 Å². The summed E-state index contributed by atoms with van der Waals surface area (Å²) in [6.45, 7) is 0.0688. The van der Waals surface area contributed by atoms with Gasteiger partial charge in [0.15, 0.2) is 11.2 Å². The van der Waals surface area contributed by atoms with E-state index in [2.05, 4.69) is 20.5 Å². The fraction of sp³-hybridized carbons (Fsp3) is 0.286. The summed E-state index contributed by atoms with van der Waals surface area (Å²) in [7, 11) is 0. The Morgan fingerprint density at radius 2 is 2.50 bits per heavy atom. The van der Waals surface area contributed by atoms with Gasteiger partial charge in [0.25, 0.3) is 0 Å². The molecule has 0 saturated carbocycles. The molecule has 61 valence electrons. The van der Waals surface area contributed by atoms with Crippen LogP contribution in [-0.4, -0.2) is 26.7 Å². The highest BCUT2D eigenvalue weighted by Gasteiger charge is 2.00. The molecule has 0 saturated heterocycles. The summed E-state index contributed by atoms with van der Waals surface area (Å²) in [6, 6.07) is 0. The standard InChI is InChI=1S/C7H6N3OS/c11-2-1-6-8-3-5-7(10-6)9-4-12-5/h3,11H,1-2H2. The van der Waals surface area contributed by atoms with E-state index in [1.165, 1.54) is 11.3 Å². The average Bonchev–Trinajstić information content (AvgIpc) is 2.51. The first-order valence-electron chi connectivity index (χ1n) is 3.49. The Hall–Kier alpha value is -1.07. The van der Waals surface area contributed by atoms with Crippen molar-refractivity contribution < 1.29 is 5.11 Å². The molecule has 2 rings (SSSR count). The van der Waals surface area contributed by atoms with E-state index in [9.17, 15) is 0 Å². The molecule has 0 amide bonds. The molecule has 1 N–H and O–H groups in total. The van der Waals surface area contributed by atoms with Crippen LogP contribution < -0.4 is 0 Å². The first-order chi connectivity index (χ1) is 5.90. The quantitative estimate of drug-likeness (QED) is 0.727. The lowest BCUT2D eigenvalue weighted by atomic mass is 10.4. The number of rotatable bonds is 2. The number of fused-ring (bicyclic) bond motifs is 1. The van der Waals surface area contributed by atoms with Gasteiger partial charge in [0.1, 0.15) is 5.82 Å². The van der Waals surface area contributed by atoms with Crippen molar-refractivity contribution in [2.75, 3.05) is 6.61 Å². The van der Waals surface area contributed by atoms with Gasteiger partial charge in [0.05, 0.1) is 17.5 Å². The third kappa shape index (κ3) is 1.28. The number of aromatic nitrogens is 3. The van der Waals surface area contributed by atoms with E-state index in [0.717, 1.165) is 4.70 Å². The van der Waals surface area contributed by atoms with Crippen LogP contribution >= 0.6 is 11.3 Å². The molecule has 4 nitrogen and oxygen atoms in total. The van der Waals surface area contributed by atoms with Crippen LogP contribution in [0.4, 0.5) is 0 Å². The molecule has 0 fully saturated rings. The van der Waals surface area contributed by atoms with E-state index < -0.39 is 0 Å². The Balaban J connectivity index is 2.46. The van der Waals surface area contributed by atoms with Crippen LogP contribution in [-0.2, 0) is 6.42 Å². The van der Waals surface area contributed by atoms with Gasteiger partial charge in [-0.1, -0.05) is 0 Å². The smallest absolute Gasteiger partial charge is 0.174 e. The molecule has 0 aromatic carbocycles. The Labute approximate surface area is 72.9 Å². The number of aliphatic hydroxyl groups is 1. The van der Waals surface area contributed by atoms with Crippen molar-refractivity contribution in [2.24, 2.45) is 0 Å². The summed E-state index contributed by atoms with van der Waals surface area (Å²) in [5.41, 5.74) is 3.40. The minimum Gasteiger partial charge on any atom is -0.396 e. The van der Waals surface area contributed by atoms with Crippen molar-refractivity contribution in [2.45, 2.75) is 6.42 Å². The van der Waals surface area contributed by atoms with E-state index in [0.29, 0.717) is 17.9 Å². The van der Waals surface area contributed by atoms with Crippen molar-refractivity contribution in [1.82, 2.24) is 15.0 Å². The first kappa shape index (κ1) is 7.57. The Bertz CT molecular complexity index is 387. The predicted molar refractivity (Wildman–Crippen MR) is 44.8 cm³/mol. The van der Waals surface area contributed by atoms with E-state index in [1.807, 2.05) is 0 Å². The molecule has 2 aromatic rings. The van der Waals surface area contributed by atoms with Crippen molar-refractivity contribution >= 4 is 21.7 Å². The summed E-state index contributed by atoms with van der Waals surface area (Å²) in [6.07, 6.45) is 2.19. The van der Waals surface area contributed by atoms with E-state index in [-0.39, 0.29) is 6.61 Å². The van der Waals surface area contributed by atoms with Crippen molar-refractivity contribution in [3.05, 3.63) is 17.5 Å². The van der Waals surface area contributed by atoms with Gasteiger partial charge in [-0.2, -0.15) is 0 Å². The zero-order valence-electron chi connectivity index (χ0n) is 6.19. The largest absolute Gasteiger partial charge is 0.396 e. The molecule has 0 spiro atoms. The second kappa shape index (κ2) is 3.12. The molecule has 0 aliphatic rings. The summed E-state index contributed by atoms with van der Waals surface area (Å²) in [4.78, 5) is 12.1. The minimum atomic E-state index is 0.0688. The Morgan fingerprint density at radius 1 is 1.58 bits per heavy atom. The summed E-state index contributed by atoms with van der Waals surface area (Å²) in [5, 5.41) is 8.64. The van der Waals surface area contributed by atoms with Gasteiger partial charge in [0, 0.05) is 6.42 Å². The third-order valence-electron chi connectivity index (χ3n) is 1.43. The van der Waals surface area contributed by atoms with Gasteiger partial charge in [-0.05, 0) is 0 Å². The molecule has 5 heteroatoms. The lowest BCUT2D eigenvalue weighted by molar-refractivity contribution is 0.296. The zero-order chi connectivity index (χ0) is 8.39. The van der Waals surface area contributed by atoms with E-state index >= 15 is 0 Å². The SMILES string of the molecule is OCCc1ncc2s[c]nc2n1. The molecule has 0 atom stereocenters. The molecule has 0 aliphatic heterocycles. The fourth-order valence-corrected chi connectivity index (χ4v) is 1.40. The number of hydrogen-bond donors (Lipinski definition) is 1. The second-order valence-corrected chi connectivity index (χ2v) is 3.08. The maximum absolute atomic E-state index is 8.64. The van der Waals surface area contributed by atoms with Crippen LogP contribution in [0.1, 0.15) is 5.82 Å². The van der Waals surface area contributed by atoms with Gasteiger partial charge in [-0.15, -0.1) is 11.3 Å². The topological polar surface area (TPSA) is 58.9 Å². The van der Waals surface area contributed by atoms with Crippen LogP contribution in [0.15, 0.2) is 6.20 Å². The lowest BCUT2D eigenvalue weighted by Gasteiger charge is -1.93. The summed E-state index contributed by atoms with van der Waals surface area (Å²) in [5.74, 6) is 0.629. The first-order valence-corrected chi connectivity index (χ1v) is 4.31. The van der Waals surface area contributed by atoms with Crippen LogP contribution in [0.25, 0.3) is 10.3 Å². The predicted octanol–water partition coefficient (Wildman–Crippen LogP) is 0.421. The van der Waals surface area contributed by atoms with Crippen LogP contribution in [0.2, 0.25) is 0 Å². The third-order valence-corrected chi connectivity index (χ3v) is 2.12. The number of aliphatic hydroxyl groups excluding tert-OH is 1. The molecule has 12 heavy (non-hydrogen) atoms. The Morgan fingerprint density at radius 3 is 3.33 bits per heavy atom. The van der Waals surface area contributed by atoms with Crippen LogP contribution in [0, 0.1) is 5.51 Å². The Kier molecular flexibility index (Phi) is 1.97. The molecule has 2 aromatic heterocycles. The minimum absolute atomic E-state index is 0.0688.